The zero-order valence-corrected chi connectivity index (χ0v) is 15.6. The fourth-order valence-electron chi connectivity index (χ4n) is 1.97. The van der Waals surface area contributed by atoms with E-state index in [4.69, 9.17) is 4.74 Å². The molecule has 0 aliphatic carbocycles. The molecule has 0 unspecified atom stereocenters. The van der Waals surface area contributed by atoms with Crippen molar-refractivity contribution in [2.45, 2.75) is 20.4 Å². The Labute approximate surface area is 145 Å². The minimum Gasteiger partial charge on any atom is -0.496 e. The van der Waals surface area contributed by atoms with E-state index >= 15 is 0 Å². The van der Waals surface area contributed by atoms with Crippen molar-refractivity contribution in [3.05, 3.63) is 28.2 Å². The number of likely N-dealkylation sites (N-methyl/N-ethyl adjacent to an activating group) is 1. The van der Waals surface area contributed by atoms with Gasteiger partial charge in [0.15, 0.2) is 0 Å². The maximum Gasteiger partial charge on any atom is 0.321 e. The number of methoxy groups -OCH3 is 1. The number of nitrogens with one attached hydrogen (secondary N) is 2. The van der Waals surface area contributed by atoms with E-state index in [1.807, 2.05) is 44.0 Å². The molecule has 7 heteroatoms. The van der Waals surface area contributed by atoms with Crippen LogP contribution < -0.4 is 15.4 Å². The van der Waals surface area contributed by atoms with Gasteiger partial charge in [0.1, 0.15) is 5.75 Å². The number of ether oxygens (including phenoxy) is 1. The van der Waals surface area contributed by atoms with E-state index in [0.717, 1.165) is 15.8 Å². The molecule has 0 radical (unpaired) electrons. The highest BCUT2D eigenvalue weighted by Gasteiger charge is 2.13. The number of hydrogen-bond acceptors (Lipinski definition) is 4. The van der Waals surface area contributed by atoms with Crippen LogP contribution in [0.2, 0.25) is 0 Å². The lowest BCUT2D eigenvalue weighted by Crippen LogP contribution is -2.44. The second-order valence-corrected chi connectivity index (χ2v) is 6.70. The van der Waals surface area contributed by atoms with E-state index in [0.29, 0.717) is 19.0 Å². The highest BCUT2D eigenvalue weighted by atomic mass is 79.9. The Morgan fingerprint density at radius 3 is 2.65 bits per heavy atom. The Kier molecular flexibility index (Phi) is 8.05. The van der Waals surface area contributed by atoms with Gasteiger partial charge in [-0.3, -0.25) is 15.0 Å². The summed E-state index contributed by atoms with van der Waals surface area (Å²) >= 11 is 3.42. The Bertz CT molecular complexity index is 549. The van der Waals surface area contributed by atoms with Crippen molar-refractivity contribution in [2.24, 2.45) is 5.92 Å². The molecule has 6 nitrogen and oxygen atoms in total. The van der Waals surface area contributed by atoms with Crippen LogP contribution in [0, 0.1) is 5.92 Å². The van der Waals surface area contributed by atoms with Crippen molar-refractivity contribution < 1.29 is 14.3 Å². The van der Waals surface area contributed by atoms with Crippen LogP contribution in [0.15, 0.2) is 22.7 Å². The van der Waals surface area contributed by atoms with Crippen LogP contribution in [0.4, 0.5) is 4.79 Å². The lowest BCUT2D eigenvalue weighted by molar-refractivity contribution is -0.121. The van der Waals surface area contributed by atoms with E-state index in [2.05, 4.69) is 26.6 Å². The van der Waals surface area contributed by atoms with E-state index in [-0.39, 0.29) is 12.5 Å². The number of halogens is 1. The molecule has 1 rings (SSSR count). The summed E-state index contributed by atoms with van der Waals surface area (Å²) in [6.45, 7) is 5.15. The monoisotopic (exact) mass is 385 g/mol. The molecule has 1 aromatic rings. The maximum absolute atomic E-state index is 11.9. The molecule has 2 N–H and O–H groups in total. The van der Waals surface area contributed by atoms with Gasteiger partial charge in [0.05, 0.1) is 13.7 Å². The molecule has 0 aliphatic heterocycles. The minimum absolute atomic E-state index is 0.116. The number of hydrogen-bond donors (Lipinski definition) is 2. The second-order valence-electron chi connectivity index (χ2n) is 5.78. The Hall–Kier alpha value is -1.60. The molecule has 0 saturated carbocycles. The van der Waals surface area contributed by atoms with Gasteiger partial charge >= 0.3 is 6.03 Å². The lowest BCUT2D eigenvalue weighted by atomic mass is 10.2. The normalized spacial score (nSPS) is 10.7. The predicted octanol–water partition coefficient (Wildman–Crippen LogP) is 2.37. The number of carbonyl (C=O) groups excluding carboxylic acids is 2. The summed E-state index contributed by atoms with van der Waals surface area (Å²) in [7, 11) is 3.42. The van der Waals surface area contributed by atoms with Crippen LogP contribution in [0.25, 0.3) is 0 Å². The Morgan fingerprint density at radius 1 is 1.35 bits per heavy atom. The summed E-state index contributed by atoms with van der Waals surface area (Å²) in [5, 5.41) is 4.97. The molecule has 0 fully saturated rings. The first-order valence-corrected chi connectivity index (χ1v) is 8.19. The van der Waals surface area contributed by atoms with Gasteiger partial charge in [0.2, 0.25) is 5.91 Å². The summed E-state index contributed by atoms with van der Waals surface area (Å²) in [5.41, 5.74) is 0.960. The van der Waals surface area contributed by atoms with Gasteiger partial charge in [-0.25, -0.2) is 4.79 Å². The summed E-state index contributed by atoms with van der Waals surface area (Å²) in [4.78, 5) is 25.2. The Morgan fingerprint density at radius 2 is 2.04 bits per heavy atom. The number of imide groups is 1. The third-order valence-electron chi connectivity index (χ3n) is 3.02. The maximum atomic E-state index is 11.9. The molecule has 0 aromatic heterocycles. The van der Waals surface area contributed by atoms with E-state index in [1.54, 1.807) is 7.11 Å². The van der Waals surface area contributed by atoms with Gasteiger partial charge in [0, 0.05) is 23.1 Å². The number of carbonyl (C=O) groups is 2. The highest BCUT2D eigenvalue weighted by Crippen LogP contribution is 2.23. The van der Waals surface area contributed by atoms with Gasteiger partial charge < -0.3 is 10.1 Å². The average Bonchev–Trinajstić information content (AvgIpc) is 2.45. The molecule has 3 amide bonds. The van der Waals surface area contributed by atoms with Gasteiger partial charge in [-0.05, 0) is 31.2 Å². The number of nitrogens with zero attached hydrogens (tertiary/aromatic N) is 1. The molecular weight excluding hydrogens is 362 g/mol. The standard InChI is InChI=1S/C16H24BrN3O3/c1-11(2)8-18-16(22)19-15(21)10-20(3)9-12-7-13(17)5-6-14(12)23-4/h5-7,11H,8-10H2,1-4H3,(H2,18,19,21,22). The van der Waals surface area contributed by atoms with Crippen LogP contribution >= 0.6 is 15.9 Å². The second kappa shape index (κ2) is 9.52. The van der Waals surface area contributed by atoms with Crippen molar-refractivity contribution in [2.75, 3.05) is 27.2 Å². The van der Waals surface area contributed by atoms with Crippen molar-refractivity contribution in [3.63, 3.8) is 0 Å². The first-order chi connectivity index (χ1) is 10.8. The van der Waals surface area contributed by atoms with Crippen LogP contribution in [0.1, 0.15) is 19.4 Å². The van der Waals surface area contributed by atoms with Crippen molar-refractivity contribution in [3.8, 4) is 5.75 Å². The molecule has 0 aliphatic rings. The van der Waals surface area contributed by atoms with Gasteiger partial charge in [-0.1, -0.05) is 29.8 Å². The molecule has 0 bridgehead atoms. The van der Waals surface area contributed by atoms with Crippen LogP contribution in [-0.4, -0.2) is 44.1 Å². The largest absolute Gasteiger partial charge is 0.496 e. The average molecular weight is 386 g/mol. The van der Waals surface area contributed by atoms with E-state index in [9.17, 15) is 9.59 Å². The summed E-state index contributed by atoms with van der Waals surface area (Å²) in [6, 6.07) is 5.25. The third kappa shape index (κ3) is 7.47. The number of amides is 3. The summed E-state index contributed by atoms with van der Waals surface area (Å²) in [6.07, 6.45) is 0. The molecule has 0 spiro atoms. The van der Waals surface area contributed by atoms with E-state index in [1.165, 1.54) is 0 Å². The quantitative estimate of drug-likeness (QED) is 0.755. The first-order valence-electron chi connectivity index (χ1n) is 7.40. The molecule has 128 valence electrons. The van der Waals surface area contributed by atoms with Gasteiger partial charge in [-0.15, -0.1) is 0 Å². The molecule has 1 aromatic carbocycles. The summed E-state index contributed by atoms with van der Waals surface area (Å²) < 4.78 is 6.26. The van der Waals surface area contributed by atoms with Gasteiger partial charge in [-0.2, -0.15) is 0 Å². The van der Waals surface area contributed by atoms with Crippen LogP contribution in [0.3, 0.4) is 0 Å². The highest BCUT2D eigenvalue weighted by molar-refractivity contribution is 9.10. The van der Waals surface area contributed by atoms with Crippen LogP contribution in [-0.2, 0) is 11.3 Å². The zero-order valence-electron chi connectivity index (χ0n) is 14.0. The molecule has 0 heterocycles. The first kappa shape index (κ1) is 19.4. The molecular formula is C16H24BrN3O3. The molecule has 0 saturated heterocycles. The number of benzene rings is 1. The number of urea groups is 1. The summed E-state index contributed by atoms with van der Waals surface area (Å²) in [5.74, 6) is 0.750. The minimum atomic E-state index is -0.461. The fraction of sp³-hybridized carbons (Fsp3) is 0.500. The zero-order chi connectivity index (χ0) is 17.4. The SMILES string of the molecule is COc1ccc(Br)cc1CN(C)CC(=O)NC(=O)NCC(C)C. The smallest absolute Gasteiger partial charge is 0.321 e. The van der Waals surface area contributed by atoms with Crippen LogP contribution in [0.5, 0.6) is 5.75 Å². The Balaban J connectivity index is 2.50. The van der Waals surface area contributed by atoms with Gasteiger partial charge in [0.25, 0.3) is 0 Å². The molecule has 0 atom stereocenters. The van der Waals surface area contributed by atoms with E-state index < -0.39 is 6.03 Å². The number of rotatable bonds is 7. The molecule has 23 heavy (non-hydrogen) atoms. The lowest BCUT2D eigenvalue weighted by Gasteiger charge is -2.18. The fourth-order valence-corrected chi connectivity index (χ4v) is 2.38. The van der Waals surface area contributed by atoms with Crippen molar-refractivity contribution >= 4 is 27.9 Å². The topological polar surface area (TPSA) is 70.7 Å². The van der Waals surface area contributed by atoms with Crippen molar-refractivity contribution in [1.82, 2.24) is 15.5 Å². The van der Waals surface area contributed by atoms with Crippen molar-refractivity contribution in [1.29, 1.82) is 0 Å². The third-order valence-corrected chi connectivity index (χ3v) is 3.51. The predicted molar refractivity (Wildman–Crippen MR) is 93.4 cm³/mol.